The molecule has 0 aliphatic heterocycles. The van der Waals surface area contributed by atoms with Crippen LogP contribution in [0.1, 0.15) is 5.69 Å². The smallest absolute Gasteiger partial charge is 0.0900 e. The minimum Gasteiger partial charge on any atom is -0.390 e. The van der Waals surface area contributed by atoms with E-state index < -0.39 is 0 Å². The topological polar surface area (TPSA) is 50.9 Å². The first-order valence-corrected chi connectivity index (χ1v) is 5.16. The van der Waals surface area contributed by atoms with Crippen LogP contribution in [0.5, 0.6) is 0 Å². The van der Waals surface area contributed by atoms with Gasteiger partial charge in [-0.25, -0.2) is 4.68 Å². The number of halogens is 1. The molecular weight excluding hydrogens is 293 g/mol. The maximum Gasteiger partial charge on any atom is 0.0900 e. The van der Waals surface area contributed by atoms with Crippen LogP contribution < -0.4 is 0 Å². The largest absolute Gasteiger partial charge is 0.390 e. The SMILES string of the molecule is OCc1cnnn1-c1ccccc1I. The Balaban J connectivity index is 2.54. The molecule has 72 valence electrons. The van der Waals surface area contributed by atoms with Crippen molar-refractivity contribution >= 4 is 22.6 Å². The summed E-state index contributed by atoms with van der Waals surface area (Å²) in [5.74, 6) is 0. The van der Waals surface area contributed by atoms with Crippen LogP contribution in [-0.2, 0) is 6.61 Å². The van der Waals surface area contributed by atoms with E-state index in [4.69, 9.17) is 5.11 Å². The Morgan fingerprint density at radius 2 is 2.14 bits per heavy atom. The highest BCUT2D eigenvalue weighted by Crippen LogP contribution is 2.16. The van der Waals surface area contributed by atoms with Crippen molar-refractivity contribution < 1.29 is 5.11 Å². The van der Waals surface area contributed by atoms with Gasteiger partial charge < -0.3 is 5.11 Å². The fourth-order valence-electron chi connectivity index (χ4n) is 1.19. The molecule has 5 heteroatoms. The number of para-hydroxylation sites is 1. The second-order valence-corrected chi connectivity index (χ2v) is 3.91. The molecule has 1 aromatic carbocycles. The molecule has 0 saturated carbocycles. The Kier molecular flexibility index (Phi) is 2.78. The molecule has 2 aromatic rings. The van der Waals surface area contributed by atoms with Gasteiger partial charge in [-0.15, -0.1) is 5.10 Å². The van der Waals surface area contributed by atoms with Gasteiger partial charge in [0, 0.05) is 3.57 Å². The standard InChI is InChI=1S/C9H8IN3O/c10-8-3-1-2-4-9(8)13-7(6-14)5-11-12-13/h1-5,14H,6H2. The monoisotopic (exact) mass is 301 g/mol. The third-order valence-corrected chi connectivity index (χ3v) is 2.77. The molecule has 0 bridgehead atoms. The van der Waals surface area contributed by atoms with Crippen molar-refractivity contribution in [1.82, 2.24) is 15.0 Å². The maximum absolute atomic E-state index is 9.06. The molecule has 0 radical (unpaired) electrons. The second-order valence-electron chi connectivity index (χ2n) is 2.75. The Bertz CT molecular complexity index is 441. The quantitative estimate of drug-likeness (QED) is 0.852. The summed E-state index contributed by atoms with van der Waals surface area (Å²) < 4.78 is 2.72. The molecule has 0 unspecified atom stereocenters. The Labute approximate surface area is 94.7 Å². The number of rotatable bonds is 2. The maximum atomic E-state index is 9.06. The average molecular weight is 301 g/mol. The molecule has 0 amide bonds. The predicted octanol–water partition coefficient (Wildman–Crippen LogP) is 1.36. The van der Waals surface area contributed by atoms with Gasteiger partial charge in [0.1, 0.15) is 0 Å². The van der Waals surface area contributed by atoms with Crippen LogP contribution in [0.4, 0.5) is 0 Å². The van der Waals surface area contributed by atoms with Crippen LogP contribution in [0, 0.1) is 3.57 Å². The van der Waals surface area contributed by atoms with Crippen molar-refractivity contribution in [2.24, 2.45) is 0 Å². The van der Waals surface area contributed by atoms with Crippen LogP contribution in [0.15, 0.2) is 30.5 Å². The van der Waals surface area contributed by atoms with Crippen LogP contribution in [-0.4, -0.2) is 20.1 Å². The Morgan fingerprint density at radius 3 is 2.86 bits per heavy atom. The van der Waals surface area contributed by atoms with E-state index in [0.717, 1.165) is 9.26 Å². The van der Waals surface area contributed by atoms with Crippen molar-refractivity contribution in [1.29, 1.82) is 0 Å². The second kappa shape index (κ2) is 4.05. The summed E-state index contributed by atoms with van der Waals surface area (Å²) in [7, 11) is 0. The zero-order chi connectivity index (χ0) is 9.97. The van der Waals surface area contributed by atoms with E-state index in [9.17, 15) is 0 Å². The van der Waals surface area contributed by atoms with Crippen LogP contribution >= 0.6 is 22.6 Å². The third kappa shape index (κ3) is 1.64. The van der Waals surface area contributed by atoms with Gasteiger partial charge in [-0.3, -0.25) is 0 Å². The molecule has 0 spiro atoms. The number of aromatic nitrogens is 3. The molecule has 4 nitrogen and oxygen atoms in total. The van der Waals surface area contributed by atoms with Crippen molar-refractivity contribution in [3.8, 4) is 5.69 Å². The predicted molar refractivity (Wildman–Crippen MR) is 60.0 cm³/mol. The fourth-order valence-corrected chi connectivity index (χ4v) is 1.81. The van der Waals surface area contributed by atoms with Gasteiger partial charge in [-0.1, -0.05) is 17.3 Å². The molecule has 1 heterocycles. The number of hydrogen-bond acceptors (Lipinski definition) is 3. The van der Waals surface area contributed by atoms with E-state index >= 15 is 0 Å². The summed E-state index contributed by atoms with van der Waals surface area (Å²) in [5.41, 5.74) is 1.63. The van der Waals surface area contributed by atoms with E-state index in [0.29, 0.717) is 5.69 Å². The van der Waals surface area contributed by atoms with E-state index in [-0.39, 0.29) is 6.61 Å². The summed E-state index contributed by atoms with van der Waals surface area (Å²) in [5, 5.41) is 16.7. The van der Waals surface area contributed by atoms with Gasteiger partial charge in [0.05, 0.1) is 24.2 Å². The van der Waals surface area contributed by atoms with E-state index in [2.05, 4.69) is 32.9 Å². The minimum absolute atomic E-state index is 0.0576. The lowest BCUT2D eigenvalue weighted by molar-refractivity contribution is 0.273. The lowest BCUT2D eigenvalue weighted by Crippen LogP contribution is -2.03. The van der Waals surface area contributed by atoms with Crippen LogP contribution in [0.25, 0.3) is 5.69 Å². The molecule has 0 fully saturated rings. The first-order valence-electron chi connectivity index (χ1n) is 4.08. The Morgan fingerprint density at radius 1 is 1.36 bits per heavy atom. The number of benzene rings is 1. The summed E-state index contributed by atoms with van der Waals surface area (Å²) in [4.78, 5) is 0. The summed E-state index contributed by atoms with van der Waals surface area (Å²) >= 11 is 2.22. The highest BCUT2D eigenvalue weighted by atomic mass is 127. The number of aliphatic hydroxyl groups is 1. The zero-order valence-corrected chi connectivity index (χ0v) is 9.42. The number of hydrogen-bond donors (Lipinski definition) is 1. The molecule has 14 heavy (non-hydrogen) atoms. The van der Waals surface area contributed by atoms with E-state index in [1.807, 2.05) is 24.3 Å². The number of nitrogens with zero attached hydrogens (tertiary/aromatic N) is 3. The van der Waals surface area contributed by atoms with E-state index in [1.54, 1.807) is 10.9 Å². The molecule has 0 saturated heterocycles. The molecule has 0 aliphatic rings. The molecule has 2 rings (SSSR count). The summed E-state index contributed by atoms with van der Waals surface area (Å²) in [6.45, 7) is -0.0576. The van der Waals surface area contributed by atoms with Gasteiger partial charge in [0.25, 0.3) is 0 Å². The highest BCUT2D eigenvalue weighted by molar-refractivity contribution is 14.1. The van der Waals surface area contributed by atoms with Gasteiger partial charge in [-0.2, -0.15) is 0 Å². The lowest BCUT2D eigenvalue weighted by Gasteiger charge is -2.05. The molecule has 0 aliphatic carbocycles. The van der Waals surface area contributed by atoms with Gasteiger partial charge >= 0.3 is 0 Å². The van der Waals surface area contributed by atoms with Crippen molar-refractivity contribution in [2.45, 2.75) is 6.61 Å². The molecule has 0 atom stereocenters. The van der Waals surface area contributed by atoms with Crippen molar-refractivity contribution in [3.63, 3.8) is 0 Å². The van der Waals surface area contributed by atoms with E-state index in [1.165, 1.54) is 0 Å². The lowest BCUT2D eigenvalue weighted by atomic mass is 10.3. The minimum atomic E-state index is -0.0576. The first kappa shape index (κ1) is 9.60. The molecule has 1 aromatic heterocycles. The average Bonchev–Trinajstić information content (AvgIpc) is 2.66. The van der Waals surface area contributed by atoms with Gasteiger partial charge in [0.15, 0.2) is 0 Å². The van der Waals surface area contributed by atoms with Crippen LogP contribution in [0.2, 0.25) is 0 Å². The fraction of sp³-hybridized carbons (Fsp3) is 0.111. The summed E-state index contributed by atoms with van der Waals surface area (Å²) in [6.07, 6.45) is 1.56. The molecule has 1 N–H and O–H groups in total. The number of aliphatic hydroxyl groups excluding tert-OH is 1. The highest BCUT2D eigenvalue weighted by Gasteiger charge is 2.07. The Hall–Kier alpha value is -0.950. The van der Waals surface area contributed by atoms with Crippen LogP contribution in [0.3, 0.4) is 0 Å². The van der Waals surface area contributed by atoms with Gasteiger partial charge in [0.2, 0.25) is 0 Å². The van der Waals surface area contributed by atoms with Crippen molar-refractivity contribution in [2.75, 3.05) is 0 Å². The summed E-state index contributed by atoms with van der Waals surface area (Å²) in [6, 6.07) is 7.81. The third-order valence-electron chi connectivity index (χ3n) is 1.86. The molecular formula is C9H8IN3O. The normalized spacial score (nSPS) is 10.4. The van der Waals surface area contributed by atoms with Gasteiger partial charge in [-0.05, 0) is 34.7 Å². The zero-order valence-electron chi connectivity index (χ0n) is 7.26. The van der Waals surface area contributed by atoms with Crippen molar-refractivity contribution in [3.05, 3.63) is 39.7 Å². The first-order chi connectivity index (χ1) is 6.83.